The summed E-state index contributed by atoms with van der Waals surface area (Å²) in [6, 6.07) is 13.6. The molecule has 0 unspecified atom stereocenters. The van der Waals surface area contributed by atoms with Crippen LogP contribution in [0.1, 0.15) is 18.4 Å². The molecule has 28 heavy (non-hydrogen) atoms. The van der Waals surface area contributed by atoms with Gasteiger partial charge in [0.1, 0.15) is 11.5 Å². The second-order valence-electron chi connectivity index (χ2n) is 6.88. The van der Waals surface area contributed by atoms with Gasteiger partial charge in [-0.25, -0.2) is 4.39 Å². The maximum Gasteiger partial charge on any atom is 0.225 e. The summed E-state index contributed by atoms with van der Waals surface area (Å²) in [7, 11) is 0. The van der Waals surface area contributed by atoms with Gasteiger partial charge in [0.2, 0.25) is 5.91 Å². The lowest BCUT2D eigenvalue weighted by Gasteiger charge is -2.32. The molecule has 4 rings (SSSR count). The molecule has 0 spiro atoms. The number of carbonyl (C=O) groups is 1. The van der Waals surface area contributed by atoms with Crippen molar-refractivity contribution in [1.82, 2.24) is 15.5 Å². The third kappa shape index (κ3) is 4.19. The van der Waals surface area contributed by atoms with E-state index in [4.69, 9.17) is 4.42 Å². The molecule has 1 atom stereocenters. The van der Waals surface area contributed by atoms with Gasteiger partial charge in [-0.1, -0.05) is 12.1 Å². The SMILES string of the molecule is O=C(NCc1ccc(F)cc1)[C@@H]1CCCN(c2ccc(-c3ccco3)nn2)C1. The highest BCUT2D eigenvalue weighted by atomic mass is 19.1. The van der Waals surface area contributed by atoms with E-state index >= 15 is 0 Å². The average molecular weight is 380 g/mol. The van der Waals surface area contributed by atoms with Crippen molar-refractivity contribution in [3.05, 3.63) is 66.2 Å². The minimum atomic E-state index is -0.280. The van der Waals surface area contributed by atoms with Gasteiger partial charge in [-0.3, -0.25) is 4.79 Å². The molecule has 0 radical (unpaired) electrons. The fourth-order valence-electron chi connectivity index (χ4n) is 3.38. The summed E-state index contributed by atoms with van der Waals surface area (Å²) in [5.41, 5.74) is 1.56. The third-order valence-corrected chi connectivity index (χ3v) is 4.92. The van der Waals surface area contributed by atoms with Gasteiger partial charge in [0.25, 0.3) is 0 Å². The first-order valence-electron chi connectivity index (χ1n) is 9.34. The maximum absolute atomic E-state index is 13.0. The van der Waals surface area contributed by atoms with Crippen LogP contribution in [0.3, 0.4) is 0 Å². The first-order valence-corrected chi connectivity index (χ1v) is 9.34. The van der Waals surface area contributed by atoms with Crippen molar-refractivity contribution < 1.29 is 13.6 Å². The smallest absolute Gasteiger partial charge is 0.225 e. The molecule has 6 nitrogen and oxygen atoms in total. The fourth-order valence-corrected chi connectivity index (χ4v) is 3.38. The summed E-state index contributed by atoms with van der Waals surface area (Å²) in [5, 5.41) is 11.5. The Balaban J connectivity index is 1.35. The van der Waals surface area contributed by atoms with Crippen LogP contribution in [0.5, 0.6) is 0 Å². The molecular weight excluding hydrogens is 359 g/mol. The molecule has 1 amide bonds. The van der Waals surface area contributed by atoms with Crippen molar-refractivity contribution in [2.24, 2.45) is 5.92 Å². The van der Waals surface area contributed by atoms with Crippen molar-refractivity contribution in [3.63, 3.8) is 0 Å². The van der Waals surface area contributed by atoms with E-state index in [2.05, 4.69) is 20.4 Å². The Kier molecular flexibility index (Phi) is 5.32. The van der Waals surface area contributed by atoms with E-state index < -0.39 is 0 Å². The van der Waals surface area contributed by atoms with Crippen LogP contribution in [0.25, 0.3) is 11.5 Å². The van der Waals surface area contributed by atoms with Gasteiger partial charge in [0.15, 0.2) is 11.6 Å². The fraction of sp³-hybridized carbons (Fsp3) is 0.286. The van der Waals surface area contributed by atoms with Crippen LogP contribution in [0.15, 0.2) is 59.2 Å². The van der Waals surface area contributed by atoms with Crippen molar-refractivity contribution in [2.45, 2.75) is 19.4 Å². The van der Waals surface area contributed by atoms with Crippen LogP contribution in [0.2, 0.25) is 0 Å². The maximum atomic E-state index is 13.0. The molecule has 0 aliphatic carbocycles. The Morgan fingerprint density at radius 1 is 1.18 bits per heavy atom. The largest absolute Gasteiger partial charge is 0.463 e. The summed E-state index contributed by atoms with van der Waals surface area (Å²) in [6.45, 7) is 1.84. The minimum Gasteiger partial charge on any atom is -0.463 e. The molecule has 1 aliphatic rings. The number of nitrogens with one attached hydrogen (secondary N) is 1. The van der Waals surface area contributed by atoms with E-state index in [-0.39, 0.29) is 17.6 Å². The zero-order chi connectivity index (χ0) is 19.3. The molecular formula is C21H21FN4O2. The first-order chi connectivity index (χ1) is 13.7. The summed E-state index contributed by atoms with van der Waals surface area (Å²) < 4.78 is 18.3. The van der Waals surface area contributed by atoms with Gasteiger partial charge >= 0.3 is 0 Å². The number of piperidine rings is 1. The Labute approximate surface area is 162 Å². The van der Waals surface area contributed by atoms with E-state index in [1.807, 2.05) is 24.3 Å². The predicted octanol–water partition coefficient (Wildman–Crippen LogP) is 3.41. The zero-order valence-corrected chi connectivity index (χ0v) is 15.3. The van der Waals surface area contributed by atoms with Crippen LogP contribution < -0.4 is 10.2 Å². The lowest BCUT2D eigenvalue weighted by molar-refractivity contribution is -0.125. The van der Waals surface area contributed by atoms with Crippen LogP contribution in [-0.2, 0) is 11.3 Å². The summed E-state index contributed by atoms with van der Waals surface area (Å²) >= 11 is 0. The lowest BCUT2D eigenvalue weighted by Crippen LogP contribution is -2.43. The average Bonchev–Trinajstić information content (AvgIpc) is 3.28. The van der Waals surface area contributed by atoms with Gasteiger partial charge in [-0.05, 0) is 54.8 Å². The molecule has 7 heteroatoms. The first kappa shape index (κ1) is 18.2. The predicted molar refractivity (Wildman–Crippen MR) is 103 cm³/mol. The van der Waals surface area contributed by atoms with Crippen molar-refractivity contribution in [1.29, 1.82) is 0 Å². The van der Waals surface area contributed by atoms with Crippen LogP contribution in [0.4, 0.5) is 10.2 Å². The number of furan rings is 1. The zero-order valence-electron chi connectivity index (χ0n) is 15.3. The number of benzene rings is 1. The summed E-state index contributed by atoms with van der Waals surface area (Å²) in [4.78, 5) is 14.7. The number of anilines is 1. The molecule has 1 saturated heterocycles. The van der Waals surface area contributed by atoms with Crippen LogP contribution >= 0.6 is 0 Å². The van der Waals surface area contributed by atoms with E-state index in [1.165, 1.54) is 12.1 Å². The molecule has 1 aliphatic heterocycles. The Morgan fingerprint density at radius 3 is 2.75 bits per heavy atom. The van der Waals surface area contributed by atoms with Gasteiger partial charge in [0.05, 0.1) is 12.2 Å². The molecule has 1 fully saturated rings. The highest BCUT2D eigenvalue weighted by molar-refractivity contribution is 5.79. The molecule has 0 bridgehead atoms. The van der Waals surface area contributed by atoms with Gasteiger partial charge < -0.3 is 14.6 Å². The van der Waals surface area contributed by atoms with Crippen molar-refractivity contribution in [2.75, 3.05) is 18.0 Å². The second kappa shape index (κ2) is 8.21. The number of hydrogen-bond donors (Lipinski definition) is 1. The number of hydrogen-bond acceptors (Lipinski definition) is 5. The van der Waals surface area contributed by atoms with E-state index in [0.29, 0.717) is 24.5 Å². The lowest BCUT2D eigenvalue weighted by atomic mass is 9.97. The highest BCUT2D eigenvalue weighted by Crippen LogP contribution is 2.23. The monoisotopic (exact) mass is 380 g/mol. The molecule has 2 aromatic heterocycles. The van der Waals surface area contributed by atoms with E-state index in [0.717, 1.165) is 30.8 Å². The number of aromatic nitrogens is 2. The number of carbonyl (C=O) groups excluding carboxylic acids is 1. The standard InChI is InChI=1S/C21H21FN4O2/c22-17-7-5-15(6-8-17)13-23-21(27)16-3-1-11-26(14-16)20-10-9-18(24-25-20)19-4-2-12-28-19/h2,4-10,12,16H,1,3,11,13-14H2,(H,23,27)/t16-/m1/s1. The molecule has 0 saturated carbocycles. The Bertz CT molecular complexity index is 911. The Hall–Kier alpha value is -3.22. The molecule has 1 aromatic carbocycles. The quantitative estimate of drug-likeness (QED) is 0.734. The van der Waals surface area contributed by atoms with Crippen molar-refractivity contribution >= 4 is 11.7 Å². The molecule has 3 heterocycles. The minimum absolute atomic E-state index is 0.00851. The van der Waals surface area contributed by atoms with Crippen molar-refractivity contribution in [3.8, 4) is 11.5 Å². The molecule has 1 N–H and O–H groups in total. The Morgan fingerprint density at radius 2 is 2.04 bits per heavy atom. The molecule has 3 aromatic rings. The second-order valence-corrected chi connectivity index (χ2v) is 6.88. The van der Waals surface area contributed by atoms with E-state index in [9.17, 15) is 9.18 Å². The van der Waals surface area contributed by atoms with Gasteiger partial charge in [-0.2, -0.15) is 0 Å². The third-order valence-electron chi connectivity index (χ3n) is 4.92. The highest BCUT2D eigenvalue weighted by Gasteiger charge is 2.26. The van der Waals surface area contributed by atoms with E-state index in [1.54, 1.807) is 18.4 Å². The number of rotatable bonds is 5. The van der Waals surface area contributed by atoms with Crippen LogP contribution in [-0.4, -0.2) is 29.2 Å². The topological polar surface area (TPSA) is 71.3 Å². The molecule has 144 valence electrons. The van der Waals surface area contributed by atoms with Gasteiger partial charge in [-0.15, -0.1) is 10.2 Å². The normalized spacial score (nSPS) is 16.8. The number of amides is 1. The summed E-state index contributed by atoms with van der Waals surface area (Å²) in [6.07, 6.45) is 3.35. The summed E-state index contributed by atoms with van der Waals surface area (Å²) in [5.74, 6) is 1.05. The number of halogens is 1. The van der Waals surface area contributed by atoms with Gasteiger partial charge in [0, 0.05) is 19.6 Å². The number of nitrogens with zero attached hydrogens (tertiary/aromatic N) is 3. The van der Waals surface area contributed by atoms with Crippen LogP contribution in [0, 0.1) is 11.7 Å².